The zero-order valence-electron chi connectivity index (χ0n) is 11.8. The van der Waals surface area contributed by atoms with Crippen molar-refractivity contribution in [2.75, 3.05) is 17.7 Å². The van der Waals surface area contributed by atoms with Crippen molar-refractivity contribution < 1.29 is 0 Å². The largest absolute Gasteiger partial charge is 0.397 e. The fourth-order valence-corrected chi connectivity index (χ4v) is 3.23. The minimum atomic E-state index is 0.619. The van der Waals surface area contributed by atoms with E-state index in [1.807, 2.05) is 49.2 Å². The van der Waals surface area contributed by atoms with Crippen LogP contribution < -0.4 is 10.6 Å². The number of nitrogen functional groups attached to an aromatic ring is 1. The van der Waals surface area contributed by atoms with Gasteiger partial charge in [-0.1, -0.05) is 12.1 Å². The van der Waals surface area contributed by atoms with Crippen LogP contribution in [-0.4, -0.2) is 12.0 Å². The molecule has 3 aromatic rings. The zero-order chi connectivity index (χ0) is 15.0. The van der Waals surface area contributed by atoms with Gasteiger partial charge in [-0.2, -0.15) is 5.26 Å². The monoisotopic (exact) mass is 294 g/mol. The summed E-state index contributed by atoms with van der Waals surface area (Å²) in [5.74, 6) is 0. The van der Waals surface area contributed by atoms with Gasteiger partial charge in [-0.05, 0) is 31.2 Å². The summed E-state index contributed by atoms with van der Waals surface area (Å²) in [5.41, 5.74) is 10.1. The van der Waals surface area contributed by atoms with Gasteiger partial charge in [0, 0.05) is 7.05 Å². The van der Waals surface area contributed by atoms with Gasteiger partial charge in [0.25, 0.3) is 0 Å². The van der Waals surface area contributed by atoms with E-state index in [1.54, 1.807) is 17.4 Å². The minimum Gasteiger partial charge on any atom is -0.397 e. The van der Waals surface area contributed by atoms with E-state index in [-0.39, 0.29) is 0 Å². The molecule has 0 bridgehead atoms. The third-order valence-corrected chi connectivity index (χ3v) is 4.32. The van der Waals surface area contributed by atoms with Crippen LogP contribution >= 0.6 is 11.3 Å². The smallest absolute Gasteiger partial charge is 0.101 e. The standard InChI is InChI=1S/C16H14N4S/c1-10-19-13-8-15(12(18)7-16(13)21-10)20(2)14-6-4-3-5-11(14)9-17/h3-8H,18H2,1-2H3. The second kappa shape index (κ2) is 5.08. The van der Waals surface area contributed by atoms with Crippen molar-refractivity contribution >= 4 is 38.6 Å². The molecule has 0 amide bonds. The third kappa shape index (κ3) is 2.30. The first-order valence-corrected chi connectivity index (χ1v) is 7.31. The van der Waals surface area contributed by atoms with Crippen molar-refractivity contribution in [3.05, 3.63) is 47.0 Å². The van der Waals surface area contributed by atoms with Crippen molar-refractivity contribution in [3.63, 3.8) is 0 Å². The Kier molecular flexibility index (Phi) is 3.24. The van der Waals surface area contributed by atoms with E-state index in [4.69, 9.17) is 5.73 Å². The summed E-state index contributed by atoms with van der Waals surface area (Å²) < 4.78 is 1.08. The highest BCUT2D eigenvalue weighted by atomic mass is 32.1. The summed E-state index contributed by atoms with van der Waals surface area (Å²) in [5, 5.41) is 10.3. The molecule has 104 valence electrons. The van der Waals surface area contributed by atoms with Crippen LogP contribution in [0.5, 0.6) is 0 Å². The summed E-state index contributed by atoms with van der Waals surface area (Å²) >= 11 is 1.63. The molecule has 1 aromatic heterocycles. The number of para-hydroxylation sites is 1. The van der Waals surface area contributed by atoms with Gasteiger partial charge >= 0.3 is 0 Å². The summed E-state index contributed by atoms with van der Waals surface area (Å²) in [7, 11) is 1.91. The molecule has 0 fully saturated rings. The highest BCUT2D eigenvalue weighted by Crippen LogP contribution is 2.35. The number of anilines is 3. The molecule has 0 aliphatic rings. The maximum absolute atomic E-state index is 9.24. The summed E-state index contributed by atoms with van der Waals surface area (Å²) in [6, 6.07) is 13.6. The Morgan fingerprint density at radius 1 is 1.24 bits per heavy atom. The summed E-state index contributed by atoms with van der Waals surface area (Å²) in [4.78, 5) is 6.44. The first-order valence-electron chi connectivity index (χ1n) is 6.49. The van der Waals surface area contributed by atoms with E-state index in [2.05, 4.69) is 11.1 Å². The Morgan fingerprint density at radius 2 is 2.00 bits per heavy atom. The maximum Gasteiger partial charge on any atom is 0.101 e. The molecule has 2 N–H and O–H groups in total. The number of nitrogens with zero attached hydrogens (tertiary/aromatic N) is 3. The first kappa shape index (κ1) is 13.4. The van der Waals surface area contributed by atoms with Gasteiger partial charge in [0.1, 0.15) is 6.07 Å². The van der Waals surface area contributed by atoms with Gasteiger partial charge in [-0.3, -0.25) is 0 Å². The highest BCUT2D eigenvalue weighted by Gasteiger charge is 2.13. The first-order chi connectivity index (χ1) is 10.1. The van der Waals surface area contributed by atoms with Gasteiger partial charge < -0.3 is 10.6 Å². The Hall–Kier alpha value is -2.58. The number of rotatable bonds is 2. The Morgan fingerprint density at radius 3 is 2.76 bits per heavy atom. The molecule has 3 rings (SSSR count). The van der Waals surface area contributed by atoms with Crippen LogP contribution in [0.1, 0.15) is 10.6 Å². The molecule has 21 heavy (non-hydrogen) atoms. The highest BCUT2D eigenvalue weighted by molar-refractivity contribution is 7.18. The van der Waals surface area contributed by atoms with Crippen LogP contribution in [0.4, 0.5) is 17.1 Å². The molecule has 0 saturated heterocycles. The average molecular weight is 294 g/mol. The number of hydrogen-bond acceptors (Lipinski definition) is 5. The second-order valence-corrected chi connectivity index (χ2v) is 6.03. The molecule has 0 spiro atoms. The predicted molar refractivity (Wildman–Crippen MR) is 88.0 cm³/mol. The SMILES string of the molecule is Cc1nc2cc(N(C)c3ccccc3C#N)c(N)cc2s1. The number of thiazole rings is 1. The van der Waals surface area contributed by atoms with Gasteiger partial charge in [0.2, 0.25) is 0 Å². The predicted octanol–water partition coefficient (Wildman–Crippen LogP) is 3.83. The van der Waals surface area contributed by atoms with Crippen molar-refractivity contribution in [2.45, 2.75) is 6.92 Å². The molecule has 5 heteroatoms. The number of hydrogen-bond donors (Lipinski definition) is 1. The molecule has 0 radical (unpaired) electrons. The van der Waals surface area contributed by atoms with Crippen LogP contribution in [0.3, 0.4) is 0 Å². The lowest BCUT2D eigenvalue weighted by molar-refractivity contribution is 1.20. The van der Waals surface area contributed by atoms with Crippen LogP contribution in [0, 0.1) is 18.3 Å². The molecule has 0 unspecified atom stereocenters. The zero-order valence-corrected chi connectivity index (χ0v) is 12.6. The lowest BCUT2D eigenvalue weighted by atomic mass is 10.1. The molecule has 2 aromatic carbocycles. The molecule has 0 atom stereocenters. The van der Waals surface area contributed by atoms with E-state index >= 15 is 0 Å². The molecule has 1 heterocycles. The van der Waals surface area contributed by atoms with Gasteiger partial charge in [-0.25, -0.2) is 4.98 Å². The van der Waals surface area contributed by atoms with E-state index in [9.17, 15) is 5.26 Å². The van der Waals surface area contributed by atoms with Crippen LogP contribution in [0.25, 0.3) is 10.2 Å². The molecule has 4 nitrogen and oxygen atoms in total. The van der Waals surface area contributed by atoms with Crippen molar-refractivity contribution in [1.29, 1.82) is 5.26 Å². The van der Waals surface area contributed by atoms with E-state index in [0.29, 0.717) is 11.3 Å². The summed E-state index contributed by atoms with van der Waals surface area (Å²) in [6.45, 7) is 1.98. The number of nitrogens with two attached hydrogens (primary N) is 1. The molecule has 0 aliphatic carbocycles. The van der Waals surface area contributed by atoms with Crippen molar-refractivity contribution in [3.8, 4) is 6.07 Å². The molecular weight excluding hydrogens is 280 g/mol. The maximum atomic E-state index is 9.24. The fraction of sp³-hybridized carbons (Fsp3) is 0.125. The number of nitriles is 1. The van der Waals surface area contributed by atoms with Crippen LogP contribution in [0.15, 0.2) is 36.4 Å². The topological polar surface area (TPSA) is 65.9 Å². The second-order valence-electron chi connectivity index (χ2n) is 4.80. The molecular formula is C16H14N4S. The Balaban J connectivity index is 2.15. The van der Waals surface area contributed by atoms with E-state index in [1.165, 1.54) is 0 Å². The lowest BCUT2D eigenvalue weighted by Crippen LogP contribution is -2.12. The number of fused-ring (bicyclic) bond motifs is 1. The summed E-state index contributed by atoms with van der Waals surface area (Å²) in [6.07, 6.45) is 0. The molecule has 0 aliphatic heterocycles. The van der Waals surface area contributed by atoms with Crippen LogP contribution in [0.2, 0.25) is 0 Å². The van der Waals surface area contributed by atoms with Crippen molar-refractivity contribution in [2.24, 2.45) is 0 Å². The van der Waals surface area contributed by atoms with Crippen molar-refractivity contribution in [1.82, 2.24) is 4.98 Å². The van der Waals surface area contributed by atoms with Crippen LogP contribution in [-0.2, 0) is 0 Å². The number of aryl methyl sites for hydroxylation is 1. The molecule has 0 saturated carbocycles. The normalized spacial score (nSPS) is 10.5. The quantitative estimate of drug-likeness (QED) is 0.729. The minimum absolute atomic E-state index is 0.619. The third-order valence-electron chi connectivity index (χ3n) is 3.39. The lowest BCUT2D eigenvalue weighted by Gasteiger charge is -2.22. The Labute approximate surface area is 127 Å². The number of benzene rings is 2. The Bertz CT molecular complexity index is 860. The van der Waals surface area contributed by atoms with Gasteiger partial charge in [-0.15, -0.1) is 11.3 Å². The van der Waals surface area contributed by atoms with E-state index < -0.39 is 0 Å². The van der Waals surface area contributed by atoms with Gasteiger partial charge in [0.15, 0.2) is 0 Å². The number of aromatic nitrogens is 1. The fourth-order valence-electron chi connectivity index (χ4n) is 2.37. The van der Waals surface area contributed by atoms with E-state index in [0.717, 1.165) is 26.6 Å². The van der Waals surface area contributed by atoms with Gasteiger partial charge in [0.05, 0.1) is 37.8 Å². The average Bonchev–Trinajstić information content (AvgIpc) is 2.84.